The molecule has 0 radical (unpaired) electrons. The number of aliphatic imine (C=N–C) groups is 1. The average Bonchev–Trinajstić information content (AvgIpc) is 2.90. The lowest BCUT2D eigenvalue weighted by atomic mass is 10.1. The highest BCUT2D eigenvalue weighted by Crippen LogP contribution is 2.30. The van der Waals surface area contributed by atoms with E-state index >= 15 is 0 Å². The van der Waals surface area contributed by atoms with Gasteiger partial charge in [-0.2, -0.15) is 0 Å². The Kier molecular flexibility index (Phi) is 4.82. The van der Waals surface area contributed by atoms with Crippen LogP contribution in [0.2, 0.25) is 0 Å². The number of thioether (sulfide) groups is 1. The maximum Gasteiger partial charge on any atom is 0.335 e. The number of nitrogens with zero attached hydrogens (tertiary/aromatic N) is 1. The van der Waals surface area contributed by atoms with Crippen LogP contribution in [0.1, 0.15) is 15.9 Å². The molecule has 0 spiro atoms. The number of benzene rings is 2. The summed E-state index contributed by atoms with van der Waals surface area (Å²) in [7, 11) is 0. The lowest BCUT2D eigenvalue weighted by Gasteiger charge is -1.98. The number of para-hydroxylation sites is 1. The predicted octanol–water partition coefficient (Wildman–Crippen LogP) is 4.04. The van der Waals surface area contributed by atoms with E-state index in [0.717, 1.165) is 15.7 Å². The number of carboxylic acids is 1. The Morgan fingerprint density at radius 3 is 2.54 bits per heavy atom. The third-order valence-electron chi connectivity index (χ3n) is 3.18. The van der Waals surface area contributed by atoms with Crippen LogP contribution in [0, 0.1) is 0 Å². The Labute approximate surface area is 150 Å². The average molecular weight is 403 g/mol. The van der Waals surface area contributed by atoms with Gasteiger partial charge in [0.05, 0.1) is 16.2 Å². The molecule has 1 fully saturated rings. The Balaban J connectivity index is 1.82. The molecule has 1 amide bonds. The number of halogens is 1. The van der Waals surface area contributed by atoms with Gasteiger partial charge >= 0.3 is 5.97 Å². The van der Waals surface area contributed by atoms with E-state index < -0.39 is 5.97 Å². The summed E-state index contributed by atoms with van der Waals surface area (Å²) >= 11 is 4.66. The van der Waals surface area contributed by atoms with Crippen molar-refractivity contribution < 1.29 is 14.7 Å². The fraction of sp³-hybridized carbons (Fsp3) is 0. The zero-order valence-electron chi connectivity index (χ0n) is 12.2. The molecule has 1 aliphatic heterocycles. The number of rotatable bonds is 3. The van der Waals surface area contributed by atoms with Crippen molar-refractivity contribution in [3.8, 4) is 0 Å². The molecule has 3 rings (SSSR count). The summed E-state index contributed by atoms with van der Waals surface area (Å²) in [5.41, 5.74) is 1.68. The lowest BCUT2D eigenvalue weighted by Crippen LogP contribution is -2.19. The topological polar surface area (TPSA) is 78.8 Å². The van der Waals surface area contributed by atoms with Crippen LogP contribution in [0.5, 0.6) is 0 Å². The molecule has 1 aliphatic rings. The minimum Gasteiger partial charge on any atom is -0.478 e. The Morgan fingerprint density at radius 2 is 1.88 bits per heavy atom. The zero-order valence-corrected chi connectivity index (χ0v) is 14.6. The number of amides is 1. The van der Waals surface area contributed by atoms with E-state index in [1.807, 2.05) is 24.3 Å². The molecular weight excluding hydrogens is 392 g/mol. The van der Waals surface area contributed by atoms with Crippen molar-refractivity contribution in [3.05, 3.63) is 69.0 Å². The standard InChI is InChI=1S/C17H11BrN2O3S/c18-12-3-1-2-4-13(12)19-17-20-15(21)14(24-17)9-10-5-7-11(8-6-10)16(22)23/h1-9H,(H,22,23)(H,19,20,21)/b14-9-. The van der Waals surface area contributed by atoms with E-state index in [1.165, 1.54) is 23.9 Å². The fourth-order valence-electron chi connectivity index (χ4n) is 2.01. The minimum absolute atomic E-state index is 0.205. The van der Waals surface area contributed by atoms with Gasteiger partial charge in [-0.3, -0.25) is 4.79 Å². The van der Waals surface area contributed by atoms with Crippen molar-refractivity contribution in [1.82, 2.24) is 5.32 Å². The van der Waals surface area contributed by atoms with Crippen molar-refractivity contribution in [1.29, 1.82) is 0 Å². The van der Waals surface area contributed by atoms with Crippen molar-refractivity contribution in [2.45, 2.75) is 0 Å². The number of nitrogens with one attached hydrogen (secondary N) is 1. The SMILES string of the molecule is O=C1NC(=Nc2ccccc2Br)S/C1=C\c1ccc(C(=O)O)cc1. The van der Waals surface area contributed by atoms with Crippen molar-refractivity contribution >= 4 is 56.5 Å². The second kappa shape index (κ2) is 7.02. The molecule has 1 saturated heterocycles. The van der Waals surface area contributed by atoms with E-state index in [4.69, 9.17) is 5.11 Å². The summed E-state index contributed by atoms with van der Waals surface area (Å²) in [6.07, 6.45) is 1.70. The maximum absolute atomic E-state index is 12.1. The first-order chi connectivity index (χ1) is 11.5. The molecule has 120 valence electrons. The number of carboxylic acid groups (broad SMARTS) is 1. The molecule has 0 saturated carbocycles. The molecule has 7 heteroatoms. The molecule has 24 heavy (non-hydrogen) atoms. The van der Waals surface area contributed by atoms with Crippen LogP contribution >= 0.6 is 27.7 Å². The summed E-state index contributed by atoms with van der Waals surface area (Å²) in [4.78, 5) is 27.8. The molecule has 0 aromatic heterocycles. The summed E-state index contributed by atoms with van der Waals surface area (Å²) in [6, 6.07) is 13.8. The van der Waals surface area contributed by atoms with Gasteiger partial charge in [-0.1, -0.05) is 24.3 Å². The lowest BCUT2D eigenvalue weighted by molar-refractivity contribution is -0.115. The maximum atomic E-state index is 12.1. The number of carbonyl (C=O) groups is 2. The smallest absolute Gasteiger partial charge is 0.335 e. The van der Waals surface area contributed by atoms with Gasteiger partial charge in [0.15, 0.2) is 5.17 Å². The van der Waals surface area contributed by atoms with E-state index in [-0.39, 0.29) is 11.5 Å². The number of carbonyl (C=O) groups excluding carboxylic acids is 1. The van der Waals surface area contributed by atoms with Crippen molar-refractivity contribution in [2.75, 3.05) is 0 Å². The summed E-state index contributed by atoms with van der Waals surface area (Å²) in [5, 5.41) is 12.1. The van der Waals surface area contributed by atoms with Gasteiger partial charge in [-0.25, -0.2) is 9.79 Å². The van der Waals surface area contributed by atoms with Crippen LogP contribution in [0.3, 0.4) is 0 Å². The zero-order chi connectivity index (χ0) is 17.1. The monoisotopic (exact) mass is 402 g/mol. The molecule has 1 heterocycles. The summed E-state index contributed by atoms with van der Waals surface area (Å²) in [6.45, 7) is 0. The molecular formula is C17H11BrN2O3S. The van der Waals surface area contributed by atoms with Gasteiger partial charge in [0.2, 0.25) is 0 Å². The molecule has 0 atom stereocenters. The number of hydrogen-bond acceptors (Lipinski definition) is 4. The fourth-order valence-corrected chi connectivity index (χ4v) is 3.21. The Bertz CT molecular complexity index is 876. The number of hydrogen-bond donors (Lipinski definition) is 2. The van der Waals surface area contributed by atoms with E-state index in [0.29, 0.717) is 10.1 Å². The van der Waals surface area contributed by atoms with Crippen molar-refractivity contribution in [3.63, 3.8) is 0 Å². The van der Waals surface area contributed by atoms with Crippen LogP contribution in [-0.2, 0) is 4.79 Å². The van der Waals surface area contributed by atoms with Gasteiger partial charge in [-0.05, 0) is 63.6 Å². The highest BCUT2D eigenvalue weighted by Gasteiger charge is 2.24. The number of amidine groups is 1. The van der Waals surface area contributed by atoms with Crippen LogP contribution in [-0.4, -0.2) is 22.2 Å². The molecule has 0 unspecified atom stereocenters. The number of aromatic carboxylic acids is 1. The third kappa shape index (κ3) is 3.74. The first-order valence-electron chi connectivity index (χ1n) is 6.90. The van der Waals surface area contributed by atoms with Crippen LogP contribution in [0.25, 0.3) is 6.08 Å². The van der Waals surface area contributed by atoms with Gasteiger partial charge < -0.3 is 10.4 Å². The molecule has 2 aromatic rings. The van der Waals surface area contributed by atoms with Gasteiger partial charge in [-0.15, -0.1) is 0 Å². The third-order valence-corrected chi connectivity index (χ3v) is 4.76. The van der Waals surface area contributed by atoms with Gasteiger partial charge in [0.25, 0.3) is 5.91 Å². The van der Waals surface area contributed by atoms with Crippen LogP contribution < -0.4 is 5.32 Å². The van der Waals surface area contributed by atoms with Crippen LogP contribution in [0.4, 0.5) is 5.69 Å². The van der Waals surface area contributed by atoms with E-state index in [2.05, 4.69) is 26.2 Å². The highest BCUT2D eigenvalue weighted by molar-refractivity contribution is 9.10. The quantitative estimate of drug-likeness (QED) is 0.759. The first kappa shape index (κ1) is 16.5. The molecule has 5 nitrogen and oxygen atoms in total. The summed E-state index contributed by atoms with van der Waals surface area (Å²) in [5.74, 6) is -1.21. The van der Waals surface area contributed by atoms with Crippen LogP contribution in [0.15, 0.2) is 62.9 Å². The molecule has 2 aromatic carbocycles. The Morgan fingerprint density at radius 1 is 1.17 bits per heavy atom. The summed E-state index contributed by atoms with van der Waals surface area (Å²) < 4.78 is 0.842. The molecule has 0 bridgehead atoms. The highest BCUT2D eigenvalue weighted by atomic mass is 79.9. The minimum atomic E-state index is -0.981. The first-order valence-corrected chi connectivity index (χ1v) is 8.51. The predicted molar refractivity (Wildman–Crippen MR) is 98.3 cm³/mol. The van der Waals surface area contributed by atoms with Crippen molar-refractivity contribution in [2.24, 2.45) is 4.99 Å². The second-order valence-corrected chi connectivity index (χ2v) is 6.75. The largest absolute Gasteiger partial charge is 0.478 e. The molecule has 0 aliphatic carbocycles. The van der Waals surface area contributed by atoms with E-state index in [1.54, 1.807) is 18.2 Å². The Hall–Kier alpha value is -2.38. The van der Waals surface area contributed by atoms with Gasteiger partial charge in [0.1, 0.15) is 0 Å². The second-order valence-electron chi connectivity index (χ2n) is 4.86. The normalized spacial score (nSPS) is 17.3. The molecule has 2 N–H and O–H groups in total. The van der Waals surface area contributed by atoms with E-state index in [9.17, 15) is 9.59 Å². The van der Waals surface area contributed by atoms with Gasteiger partial charge in [0, 0.05) is 4.47 Å².